The molecular weight excluding hydrogens is 242 g/mol. The van der Waals surface area contributed by atoms with E-state index in [0.717, 1.165) is 5.56 Å². The van der Waals surface area contributed by atoms with Gasteiger partial charge in [0.25, 0.3) is 0 Å². The highest BCUT2D eigenvalue weighted by molar-refractivity contribution is 5.89. The van der Waals surface area contributed by atoms with Gasteiger partial charge in [0.2, 0.25) is 5.91 Å². The summed E-state index contributed by atoms with van der Waals surface area (Å²) in [5.41, 5.74) is 0.832. The molecule has 102 valence electrons. The largest absolute Gasteiger partial charge is 0.352 e. The van der Waals surface area contributed by atoms with E-state index in [0.29, 0.717) is 13.1 Å². The first-order chi connectivity index (χ1) is 9.09. The molecule has 1 aliphatic rings. The van der Waals surface area contributed by atoms with Crippen LogP contribution in [0.1, 0.15) is 25.5 Å². The van der Waals surface area contributed by atoms with Crippen molar-refractivity contribution in [3.05, 3.63) is 35.9 Å². The van der Waals surface area contributed by atoms with Crippen LogP contribution >= 0.6 is 0 Å². The van der Waals surface area contributed by atoms with Crippen molar-refractivity contribution in [2.45, 2.75) is 25.9 Å². The highest BCUT2D eigenvalue weighted by atomic mass is 16.2. The van der Waals surface area contributed by atoms with Crippen LogP contribution < -0.4 is 10.6 Å². The van der Waals surface area contributed by atoms with Crippen molar-refractivity contribution in [1.82, 2.24) is 15.5 Å². The summed E-state index contributed by atoms with van der Waals surface area (Å²) in [6.07, 6.45) is 0. The first-order valence-corrected chi connectivity index (χ1v) is 6.49. The fourth-order valence-electron chi connectivity index (χ4n) is 2.18. The maximum Gasteiger partial charge on any atom is 0.318 e. The van der Waals surface area contributed by atoms with E-state index >= 15 is 0 Å². The molecule has 1 fully saturated rings. The number of hydrogen-bond donors (Lipinski definition) is 2. The van der Waals surface area contributed by atoms with Crippen molar-refractivity contribution >= 4 is 11.9 Å². The summed E-state index contributed by atoms with van der Waals surface area (Å²) in [6, 6.07) is 8.67. The van der Waals surface area contributed by atoms with Gasteiger partial charge in [-0.25, -0.2) is 4.79 Å². The molecule has 0 radical (unpaired) electrons. The number of urea groups is 1. The molecule has 2 rings (SSSR count). The zero-order valence-electron chi connectivity index (χ0n) is 11.2. The molecule has 1 saturated heterocycles. The second-order valence-electron chi connectivity index (χ2n) is 4.90. The summed E-state index contributed by atoms with van der Waals surface area (Å²) in [7, 11) is 0. The Morgan fingerprint density at radius 3 is 2.68 bits per heavy atom. The minimum atomic E-state index is -0.548. The van der Waals surface area contributed by atoms with E-state index in [9.17, 15) is 9.59 Å². The van der Waals surface area contributed by atoms with Gasteiger partial charge in [-0.05, 0) is 19.4 Å². The molecular formula is C14H19N3O2. The Hall–Kier alpha value is -2.04. The lowest BCUT2D eigenvalue weighted by Gasteiger charge is -2.35. The first-order valence-electron chi connectivity index (χ1n) is 6.49. The number of rotatable bonds is 2. The zero-order valence-corrected chi connectivity index (χ0v) is 11.2. The molecule has 1 aromatic carbocycles. The third kappa shape index (κ3) is 3.05. The number of benzene rings is 1. The Morgan fingerprint density at radius 1 is 1.37 bits per heavy atom. The minimum absolute atomic E-state index is 0.0499. The monoisotopic (exact) mass is 261 g/mol. The van der Waals surface area contributed by atoms with E-state index in [2.05, 4.69) is 10.6 Å². The molecule has 0 aromatic heterocycles. The molecule has 3 amide bonds. The quantitative estimate of drug-likeness (QED) is 0.842. The Morgan fingerprint density at radius 2 is 2.05 bits per heavy atom. The molecule has 1 heterocycles. The molecule has 5 heteroatoms. The molecule has 1 unspecified atom stereocenters. The Labute approximate surface area is 113 Å². The smallest absolute Gasteiger partial charge is 0.318 e. The number of hydrogen-bond acceptors (Lipinski definition) is 2. The molecule has 0 spiro atoms. The number of piperazine rings is 1. The molecule has 19 heavy (non-hydrogen) atoms. The first kappa shape index (κ1) is 13.4. The molecule has 1 aromatic rings. The lowest BCUT2D eigenvalue weighted by molar-refractivity contribution is -0.127. The van der Waals surface area contributed by atoms with E-state index in [1.807, 2.05) is 44.2 Å². The van der Waals surface area contributed by atoms with Crippen LogP contribution in [0, 0.1) is 0 Å². The van der Waals surface area contributed by atoms with Crippen LogP contribution in [0.2, 0.25) is 0 Å². The summed E-state index contributed by atoms with van der Waals surface area (Å²) < 4.78 is 0. The summed E-state index contributed by atoms with van der Waals surface area (Å²) in [4.78, 5) is 25.8. The fraction of sp³-hybridized carbons (Fsp3) is 0.429. The standard InChI is InChI=1S/C14H19N3O2/c1-10(2)16-14(19)17-9-8-15-13(18)12(17)11-6-4-3-5-7-11/h3-7,10,12H,8-9H2,1-2H3,(H,15,18)(H,16,19). The van der Waals surface area contributed by atoms with Crippen LogP contribution in [0.15, 0.2) is 30.3 Å². The normalized spacial score (nSPS) is 19.2. The molecule has 0 aliphatic carbocycles. The molecule has 1 atom stereocenters. The van der Waals surface area contributed by atoms with E-state index in [1.54, 1.807) is 4.90 Å². The summed E-state index contributed by atoms with van der Waals surface area (Å²) in [6.45, 7) is 4.82. The van der Waals surface area contributed by atoms with Crippen molar-refractivity contribution in [3.8, 4) is 0 Å². The van der Waals surface area contributed by atoms with Gasteiger partial charge in [0, 0.05) is 19.1 Å². The van der Waals surface area contributed by atoms with Crippen molar-refractivity contribution in [1.29, 1.82) is 0 Å². The summed E-state index contributed by atoms with van der Waals surface area (Å²) in [5.74, 6) is -0.128. The summed E-state index contributed by atoms with van der Waals surface area (Å²) >= 11 is 0. The number of carbonyl (C=O) groups is 2. The molecule has 0 bridgehead atoms. The Kier molecular flexibility index (Phi) is 4.04. The van der Waals surface area contributed by atoms with Crippen LogP contribution in [-0.4, -0.2) is 36.0 Å². The third-order valence-corrected chi connectivity index (χ3v) is 3.00. The zero-order chi connectivity index (χ0) is 13.8. The molecule has 1 aliphatic heterocycles. The van der Waals surface area contributed by atoms with Gasteiger partial charge in [0.15, 0.2) is 0 Å². The predicted molar refractivity (Wildman–Crippen MR) is 72.6 cm³/mol. The average molecular weight is 261 g/mol. The second-order valence-corrected chi connectivity index (χ2v) is 4.90. The van der Waals surface area contributed by atoms with Crippen molar-refractivity contribution < 1.29 is 9.59 Å². The van der Waals surface area contributed by atoms with E-state index in [4.69, 9.17) is 0 Å². The maximum absolute atomic E-state index is 12.2. The van der Waals surface area contributed by atoms with Crippen LogP contribution in [0.25, 0.3) is 0 Å². The number of carbonyl (C=O) groups excluding carboxylic acids is 2. The highest BCUT2D eigenvalue weighted by Gasteiger charge is 2.34. The van der Waals surface area contributed by atoms with Gasteiger partial charge in [-0.2, -0.15) is 0 Å². The Bertz CT molecular complexity index is 459. The molecule has 5 nitrogen and oxygen atoms in total. The van der Waals surface area contributed by atoms with Crippen LogP contribution in [0.4, 0.5) is 4.79 Å². The topological polar surface area (TPSA) is 61.4 Å². The van der Waals surface area contributed by atoms with Crippen molar-refractivity contribution in [3.63, 3.8) is 0 Å². The van der Waals surface area contributed by atoms with Crippen LogP contribution in [0.3, 0.4) is 0 Å². The van der Waals surface area contributed by atoms with E-state index in [-0.39, 0.29) is 18.0 Å². The van der Waals surface area contributed by atoms with Gasteiger partial charge >= 0.3 is 6.03 Å². The number of amides is 3. The number of nitrogens with zero attached hydrogens (tertiary/aromatic N) is 1. The van der Waals surface area contributed by atoms with Gasteiger partial charge in [-0.15, -0.1) is 0 Å². The Balaban J connectivity index is 2.24. The van der Waals surface area contributed by atoms with Gasteiger partial charge in [-0.3, -0.25) is 4.79 Å². The molecule has 0 saturated carbocycles. The van der Waals surface area contributed by atoms with Crippen molar-refractivity contribution in [2.75, 3.05) is 13.1 Å². The van der Waals surface area contributed by atoms with Crippen LogP contribution in [0.5, 0.6) is 0 Å². The second kappa shape index (κ2) is 5.73. The van der Waals surface area contributed by atoms with Crippen molar-refractivity contribution in [2.24, 2.45) is 0 Å². The predicted octanol–water partition coefficient (Wildman–Crippen LogP) is 1.28. The van der Waals surface area contributed by atoms with Gasteiger partial charge < -0.3 is 15.5 Å². The molecule has 2 N–H and O–H groups in total. The van der Waals surface area contributed by atoms with Gasteiger partial charge in [0.1, 0.15) is 6.04 Å². The maximum atomic E-state index is 12.2. The minimum Gasteiger partial charge on any atom is -0.352 e. The highest BCUT2D eigenvalue weighted by Crippen LogP contribution is 2.23. The fourth-order valence-corrected chi connectivity index (χ4v) is 2.18. The summed E-state index contributed by atoms with van der Waals surface area (Å²) in [5, 5.41) is 5.65. The van der Waals surface area contributed by atoms with E-state index < -0.39 is 6.04 Å². The van der Waals surface area contributed by atoms with Gasteiger partial charge in [0.05, 0.1) is 0 Å². The lowest BCUT2D eigenvalue weighted by Crippen LogP contribution is -2.55. The van der Waals surface area contributed by atoms with Gasteiger partial charge in [-0.1, -0.05) is 30.3 Å². The van der Waals surface area contributed by atoms with Crippen LogP contribution in [-0.2, 0) is 4.79 Å². The van der Waals surface area contributed by atoms with E-state index in [1.165, 1.54) is 0 Å². The lowest BCUT2D eigenvalue weighted by atomic mass is 10.0. The average Bonchev–Trinajstić information content (AvgIpc) is 2.38. The third-order valence-electron chi connectivity index (χ3n) is 3.00. The number of nitrogens with one attached hydrogen (secondary N) is 2. The SMILES string of the molecule is CC(C)NC(=O)N1CCNC(=O)C1c1ccccc1.